The standard InChI is InChI=1S/C44H36BN3O2/c1-42(2)43(3,4)50-45(49-42)32-24-25-34-33-22-14-15-23-35(33)44(36(34)28-32,31-20-12-7-13-21-31)41-39(30-18-10-6-11-19-30)48-40-37(47-41)26-27-46-38(40)29-16-8-5-9-17-29/h5-28H,1-4H3. The zero-order chi connectivity index (χ0) is 34.1. The number of aromatic nitrogens is 3. The lowest BCUT2D eigenvalue weighted by atomic mass is 9.67. The van der Waals surface area contributed by atoms with Gasteiger partial charge in [-0.2, -0.15) is 0 Å². The van der Waals surface area contributed by atoms with Crippen LogP contribution in [-0.4, -0.2) is 33.3 Å². The minimum absolute atomic E-state index is 0.467. The van der Waals surface area contributed by atoms with Crippen molar-refractivity contribution >= 4 is 23.6 Å². The van der Waals surface area contributed by atoms with Crippen LogP contribution in [0.15, 0.2) is 146 Å². The molecule has 1 unspecified atom stereocenters. The molecule has 1 fully saturated rings. The zero-order valence-corrected chi connectivity index (χ0v) is 28.6. The molecule has 6 heteroatoms. The molecule has 0 bridgehead atoms. The molecular weight excluding hydrogens is 613 g/mol. The highest BCUT2D eigenvalue weighted by Crippen LogP contribution is 2.57. The Labute approximate surface area is 293 Å². The molecule has 7 aromatic rings. The maximum absolute atomic E-state index is 6.62. The summed E-state index contributed by atoms with van der Waals surface area (Å²) >= 11 is 0. The van der Waals surface area contributed by atoms with Crippen LogP contribution in [0, 0.1) is 0 Å². The number of hydrogen-bond acceptors (Lipinski definition) is 5. The maximum atomic E-state index is 6.62. The third kappa shape index (κ3) is 4.52. The summed E-state index contributed by atoms with van der Waals surface area (Å²) in [7, 11) is -0.515. The molecule has 0 N–H and O–H groups in total. The van der Waals surface area contributed by atoms with Crippen molar-refractivity contribution in [3.05, 3.63) is 168 Å². The van der Waals surface area contributed by atoms with E-state index in [1.165, 1.54) is 5.56 Å². The maximum Gasteiger partial charge on any atom is 0.494 e. The largest absolute Gasteiger partial charge is 0.494 e. The number of benzene rings is 5. The van der Waals surface area contributed by atoms with E-state index in [1.54, 1.807) is 0 Å². The fourth-order valence-electron chi connectivity index (χ4n) is 7.66. The monoisotopic (exact) mass is 649 g/mol. The van der Waals surface area contributed by atoms with Crippen molar-refractivity contribution in [2.45, 2.75) is 44.3 Å². The topological polar surface area (TPSA) is 57.1 Å². The average Bonchev–Trinajstić information content (AvgIpc) is 3.57. The van der Waals surface area contributed by atoms with Gasteiger partial charge in [0.15, 0.2) is 0 Å². The normalized spacial score (nSPS) is 18.6. The third-order valence-electron chi connectivity index (χ3n) is 10.8. The molecule has 1 aliphatic carbocycles. The van der Waals surface area contributed by atoms with Crippen molar-refractivity contribution in [2.75, 3.05) is 0 Å². The van der Waals surface area contributed by atoms with Gasteiger partial charge in [0.2, 0.25) is 0 Å². The van der Waals surface area contributed by atoms with Crippen LogP contribution in [0.1, 0.15) is 50.1 Å². The molecular formula is C44H36BN3O2. The van der Waals surface area contributed by atoms with Gasteiger partial charge in [0, 0.05) is 17.3 Å². The molecule has 0 spiro atoms. The van der Waals surface area contributed by atoms with Crippen molar-refractivity contribution < 1.29 is 9.31 Å². The number of pyridine rings is 1. The molecule has 242 valence electrons. The number of fused-ring (bicyclic) bond motifs is 4. The molecule has 5 nitrogen and oxygen atoms in total. The van der Waals surface area contributed by atoms with Crippen molar-refractivity contribution in [1.29, 1.82) is 0 Å². The van der Waals surface area contributed by atoms with Crippen LogP contribution in [0.5, 0.6) is 0 Å². The van der Waals surface area contributed by atoms with Crippen LogP contribution in [0.25, 0.3) is 44.7 Å². The van der Waals surface area contributed by atoms with Crippen molar-refractivity contribution in [1.82, 2.24) is 15.0 Å². The summed E-state index contributed by atoms with van der Waals surface area (Å²) in [5, 5.41) is 0. The first-order valence-corrected chi connectivity index (χ1v) is 17.2. The summed E-state index contributed by atoms with van der Waals surface area (Å²) in [5.41, 5.74) is 11.0. The Balaban J connectivity index is 1.40. The van der Waals surface area contributed by atoms with Gasteiger partial charge in [-0.25, -0.2) is 9.97 Å². The molecule has 9 rings (SSSR count). The van der Waals surface area contributed by atoms with Crippen LogP contribution in [0.3, 0.4) is 0 Å². The molecule has 2 aliphatic rings. The van der Waals surface area contributed by atoms with E-state index in [0.717, 1.165) is 67.0 Å². The lowest BCUT2D eigenvalue weighted by Gasteiger charge is -2.34. The highest BCUT2D eigenvalue weighted by atomic mass is 16.7. The third-order valence-corrected chi connectivity index (χ3v) is 10.8. The summed E-state index contributed by atoms with van der Waals surface area (Å²) in [6.45, 7) is 8.39. The number of rotatable bonds is 5. The second kappa shape index (κ2) is 11.3. The van der Waals surface area contributed by atoms with Gasteiger partial charge in [-0.1, -0.05) is 133 Å². The molecule has 2 aromatic heterocycles. The molecule has 0 saturated carbocycles. The molecule has 1 atom stereocenters. The minimum Gasteiger partial charge on any atom is -0.399 e. The van der Waals surface area contributed by atoms with Crippen LogP contribution < -0.4 is 5.46 Å². The molecule has 5 aromatic carbocycles. The summed E-state index contributed by atoms with van der Waals surface area (Å²) in [6.07, 6.45) is 1.84. The van der Waals surface area contributed by atoms with Gasteiger partial charge in [0.1, 0.15) is 5.52 Å². The van der Waals surface area contributed by atoms with E-state index in [2.05, 4.69) is 137 Å². The van der Waals surface area contributed by atoms with Crippen molar-refractivity contribution in [2.24, 2.45) is 0 Å². The smallest absolute Gasteiger partial charge is 0.399 e. The second-order valence-corrected chi connectivity index (χ2v) is 14.2. The lowest BCUT2D eigenvalue weighted by molar-refractivity contribution is 0.00578. The van der Waals surface area contributed by atoms with Gasteiger partial charge in [-0.15, -0.1) is 0 Å². The molecule has 1 aliphatic heterocycles. The fraction of sp³-hybridized carbons (Fsp3) is 0.159. The second-order valence-electron chi connectivity index (χ2n) is 14.2. The molecule has 0 amide bonds. The van der Waals surface area contributed by atoms with Gasteiger partial charge in [0.05, 0.1) is 39.2 Å². The van der Waals surface area contributed by atoms with E-state index in [-0.39, 0.29) is 0 Å². The lowest BCUT2D eigenvalue weighted by Crippen LogP contribution is -2.41. The minimum atomic E-state index is -0.810. The van der Waals surface area contributed by atoms with Gasteiger partial charge in [-0.05, 0) is 67.0 Å². The van der Waals surface area contributed by atoms with Gasteiger partial charge < -0.3 is 9.31 Å². The van der Waals surface area contributed by atoms with E-state index in [0.29, 0.717) is 0 Å². The summed E-state index contributed by atoms with van der Waals surface area (Å²) < 4.78 is 13.2. The Morgan fingerprint density at radius 3 is 1.80 bits per heavy atom. The van der Waals surface area contributed by atoms with Crippen LogP contribution in [-0.2, 0) is 14.7 Å². The van der Waals surface area contributed by atoms with E-state index in [9.17, 15) is 0 Å². The van der Waals surface area contributed by atoms with Gasteiger partial charge in [0.25, 0.3) is 0 Å². The summed E-state index contributed by atoms with van der Waals surface area (Å²) in [6, 6.07) is 48.8. The van der Waals surface area contributed by atoms with Gasteiger partial charge >= 0.3 is 7.12 Å². The van der Waals surface area contributed by atoms with E-state index in [4.69, 9.17) is 24.3 Å². The first-order chi connectivity index (χ1) is 24.3. The predicted octanol–water partition coefficient (Wildman–Crippen LogP) is 9.02. The zero-order valence-electron chi connectivity index (χ0n) is 28.6. The Bertz CT molecular complexity index is 2380. The average molecular weight is 650 g/mol. The Hall–Kier alpha value is -5.43. The molecule has 1 saturated heterocycles. The highest BCUT2D eigenvalue weighted by molar-refractivity contribution is 6.62. The Kier molecular flexibility index (Phi) is 6.93. The SMILES string of the molecule is CC1(C)OB(c2ccc3c(c2)C(c2ccccc2)(c2nc4ccnc(-c5ccccc5)c4nc2-c2ccccc2)c2ccccc2-3)OC1(C)C. The Morgan fingerprint density at radius 1 is 0.540 bits per heavy atom. The van der Waals surface area contributed by atoms with Crippen LogP contribution >= 0.6 is 0 Å². The molecule has 3 heterocycles. The number of hydrogen-bond donors (Lipinski definition) is 0. The highest BCUT2D eigenvalue weighted by Gasteiger charge is 2.53. The first kappa shape index (κ1) is 30.6. The Morgan fingerprint density at radius 2 is 1.12 bits per heavy atom. The first-order valence-electron chi connectivity index (χ1n) is 17.2. The van der Waals surface area contributed by atoms with E-state index < -0.39 is 23.7 Å². The van der Waals surface area contributed by atoms with Crippen LogP contribution in [0.4, 0.5) is 0 Å². The summed E-state index contributed by atoms with van der Waals surface area (Å²) in [5.74, 6) is 0. The van der Waals surface area contributed by atoms with E-state index in [1.807, 2.05) is 36.5 Å². The number of nitrogens with zero attached hydrogens (tertiary/aromatic N) is 3. The van der Waals surface area contributed by atoms with Crippen molar-refractivity contribution in [3.8, 4) is 33.6 Å². The summed E-state index contributed by atoms with van der Waals surface area (Å²) in [4.78, 5) is 16.1. The quantitative estimate of drug-likeness (QED) is 0.174. The fourth-order valence-corrected chi connectivity index (χ4v) is 7.66. The van der Waals surface area contributed by atoms with E-state index >= 15 is 0 Å². The van der Waals surface area contributed by atoms with Crippen molar-refractivity contribution in [3.63, 3.8) is 0 Å². The van der Waals surface area contributed by atoms with Gasteiger partial charge in [-0.3, -0.25) is 4.98 Å². The molecule has 50 heavy (non-hydrogen) atoms. The molecule has 0 radical (unpaired) electrons. The van der Waals surface area contributed by atoms with Crippen LogP contribution in [0.2, 0.25) is 0 Å². The predicted molar refractivity (Wildman–Crippen MR) is 201 cm³/mol.